The van der Waals surface area contributed by atoms with Crippen molar-refractivity contribution in [3.8, 4) is 0 Å². The van der Waals surface area contributed by atoms with Gasteiger partial charge in [0.25, 0.3) is 0 Å². The number of guanidine groups is 1. The third-order valence-electron chi connectivity index (χ3n) is 4.11. The molecule has 2 heterocycles. The number of aromatic nitrogens is 2. The van der Waals surface area contributed by atoms with Gasteiger partial charge in [-0.1, -0.05) is 11.6 Å². The van der Waals surface area contributed by atoms with Crippen molar-refractivity contribution in [2.45, 2.75) is 31.7 Å². The fourth-order valence-electron chi connectivity index (χ4n) is 2.68. The van der Waals surface area contributed by atoms with Crippen LogP contribution in [0.15, 0.2) is 29.5 Å². The fourth-order valence-corrected chi connectivity index (χ4v) is 3.82. The molecule has 0 bridgehead atoms. The van der Waals surface area contributed by atoms with E-state index in [9.17, 15) is 18.3 Å². The summed E-state index contributed by atoms with van der Waals surface area (Å²) in [6, 6.07) is 3.67. The Morgan fingerprint density at radius 1 is 1.43 bits per heavy atom. The van der Waals surface area contributed by atoms with E-state index in [1.807, 2.05) is 13.0 Å². The lowest BCUT2D eigenvalue weighted by molar-refractivity contribution is -0.272. The highest BCUT2D eigenvalue weighted by Crippen LogP contribution is 2.40. The molecule has 0 saturated carbocycles. The Balaban J connectivity index is 2.15. The van der Waals surface area contributed by atoms with E-state index in [2.05, 4.69) is 15.3 Å². The number of nitrogens with zero attached hydrogens (tertiary/aromatic N) is 4. The van der Waals surface area contributed by atoms with Crippen LogP contribution in [0.4, 0.5) is 13.2 Å². The third-order valence-corrected chi connectivity index (χ3v) is 5.33. The van der Waals surface area contributed by atoms with Gasteiger partial charge in [0.2, 0.25) is 5.60 Å². The van der Waals surface area contributed by atoms with Crippen LogP contribution in [-0.2, 0) is 19.2 Å². The van der Waals surface area contributed by atoms with Gasteiger partial charge in [-0.25, -0.2) is 4.98 Å². The van der Waals surface area contributed by atoms with Crippen LogP contribution >= 0.6 is 22.9 Å². The molecule has 0 aliphatic rings. The van der Waals surface area contributed by atoms with Crippen molar-refractivity contribution in [1.82, 2.24) is 19.8 Å². The maximum atomic E-state index is 13.6. The molecule has 0 aliphatic carbocycles. The minimum Gasteiger partial charge on any atom is -0.374 e. The highest BCUT2D eigenvalue weighted by Gasteiger charge is 2.57. The van der Waals surface area contributed by atoms with Gasteiger partial charge in [-0.3, -0.25) is 4.99 Å². The largest absolute Gasteiger partial charge is 0.424 e. The Morgan fingerprint density at radius 2 is 2.14 bits per heavy atom. The van der Waals surface area contributed by atoms with E-state index in [0.29, 0.717) is 23.4 Å². The molecule has 0 saturated heterocycles. The molecular formula is C17H23ClF3N5OS. The van der Waals surface area contributed by atoms with Gasteiger partial charge < -0.3 is 19.9 Å². The summed E-state index contributed by atoms with van der Waals surface area (Å²) in [4.78, 5) is 10.7. The van der Waals surface area contributed by atoms with Gasteiger partial charge in [-0.05, 0) is 19.1 Å². The van der Waals surface area contributed by atoms with E-state index in [1.54, 1.807) is 18.0 Å². The van der Waals surface area contributed by atoms with Gasteiger partial charge in [0.15, 0.2) is 5.96 Å². The van der Waals surface area contributed by atoms with E-state index in [-0.39, 0.29) is 6.54 Å². The normalized spacial score (nSPS) is 14.8. The number of aliphatic hydroxyl groups is 1. The molecule has 0 fully saturated rings. The predicted molar refractivity (Wildman–Crippen MR) is 105 cm³/mol. The summed E-state index contributed by atoms with van der Waals surface area (Å²) >= 11 is 7.36. The van der Waals surface area contributed by atoms with E-state index in [4.69, 9.17) is 11.6 Å². The Labute approximate surface area is 170 Å². The average Bonchev–Trinajstić information content (AvgIpc) is 3.21. The van der Waals surface area contributed by atoms with Crippen molar-refractivity contribution in [2.24, 2.45) is 12.0 Å². The molecule has 1 unspecified atom stereocenters. The third kappa shape index (κ3) is 5.18. The number of hydrogen-bond donors (Lipinski definition) is 2. The summed E-state index contributed by atoms with van der Waals surface area (Å²) in [5.41, 5.74) is -3.08. The van der Waals surface area contributed by atoms with Crippen LogP contribution in [0.3, 0.4) is 0 Å². The zero-order valence-electron chi connectivity index (χ0n) is 15.8. The fraction of sp³-hybridized carbons (Fsp3) is 0.529. The van der Waals surface area contributed by atoms with Gasteiger partial charge in [-0.15, -0.1) is 11.3 Å². The zero-order chi connectivity index (χ0) is 20.9. The summed E-state index contributed by atoms with van der Waals surface area (Å²) in [5, 5.41) is 13.4. The molecule has 0 aromatic carbocycles. The summed E-state index contributed by atoms with van der Waals surface area (Å²) in [6.45, 7) is 2.69. The molecule has 2 aromatic rings. The first-order valence-corrected chi connectivity index (χ1v) is 9.78. The van der Waals surface area contributed by atoms with Gasteiger partial charge in [0.1, 0.15) is 5.82 Å². The molecule has 28 heavy (non-hydrogen) atoms. The minimum atomic E-state index is -4.88. The predicted octanol–water partition coefficient (Wildman–Crippen LogP) is 3.37. The zero-order valence-corrected chi connectivity index (χ0v) is 17.4. The highest BCUT2D eigenvalue weighted by molar-refractivity contribution is 7.16. The molecular weight excluding hydrogens is 415 g/mol. The maximum absolute atomic E-state index is 13.6. The number of aryl methyl sites for hydroxylation is 1. The van der Waals surface area contributed by atoms with Crippen LogP contribution in [-0.4, -0.2) is 51.8 Å². The average molecular weight is 438 g/mol. The second-order valence-corrected chi connectivity index (χ2v) is 8.07. The lowest BCUT2D eigenvalue weighted by Gasteiger charge is -2.29. The topological polar surface area (TPSA) is 65.7 Å². The van der Waals surface area contributed by atoms with Crippen LogP contribution in [0.2, 0.25) is 4.34 Å². The monoisotopic (exact) mass is 437 g/mol. The second kappa shape index (κ2) is 9.15. The standard InChI is InChI=1S/C17H23ClF3N5OS/c1-4-22-15(26(3)11-12-5-6-13(18)28-12)24-8-7-16(27,17(19,20)21)14-23-9-10-25(14)2/h5-6,9-10,27H,4,7-8,11H2,1-3H3,(H,22,24). The van der Waals surface area contributed by atoms with Crippen molar-refractivity contribution < 1.29 is 18.3 Å². The smallest absolute Gasteiger partial charge is 0.374 e. The number of aliphatic imine (C=N–C) groups is 1. The maximum Gasteiger partial charge on any atom is 0.424 e. The molecule has 156 valence electrons. The van der Waals surface area contributed by atoms with E-state index < -0.39 is 24.0 Å². The first-order valence-electron chi connectivity index (χ1n) is 8.59. The number of imidazole rings is 1. The first kappa shape index (κ1) is 22.5. The molecule has 6 nitrogen and oxygen atoms in total. The molecule has 0 aliphatic heterocycles. The molecule has 2 aromatic heterocycles. The van der Waals surface area contributed by atoms with E-state index in [1.165, 1.54) is 30.8 Å². The van der Waals surface area contributed by atoms with Gasteiger partial charge in [0, 0.05) is 50.9 Å². The quantitative estimate of drug-likeness (QED) is 0.515. The molecule has 2 rings (SSSR count). The second-order valence-electron chi connectivity index (χ2n) is 6.27. The lowest BCUT2D eigenvalue weighted by Crippen LogP contribution is -2.45. The van der Waals surface area contributed by atoms with E-state index >= 15 is 0 Å². The van der Waals surface area contributed by atoms with Crippen molar-refractivity contribution in [1.29, 1.82) is 0 Å². The van der Waals surface area contributed by atoms with Crippen LogP contribution in [0.5, 0.6) is 0 Å². The number of rotatable bonds is 7. The van der Waals surface area contributed by atoms with Crippen molar-refractivity contribution in [3.05, 3.63) is 39.6 Å². The summed E-state index contributed by atoms with van der Waals surface area (Å²) in [7, 11) is 3.19. The molecule has 11 heteroatoms. The summed E-state index contributed by atoms with van der Waals surface area (Å²) in [5.74, 6) is -0.0156. The number of hydrogen-bond acceptors (Lipinski definition) is 4. The minimum absolute atomic E-state index is 0.235. The number of halogens is 4. The molecule has 0 amide bonds. The van der Waals surface area contributed by atoms with Crippen molar-refractivity contribution in [2.75, 3.05) is 20.1 Å². The van der Waals surface area contributed by atoms with Crippen LogP contribution < -0.4 is 5.32 Å². The van der Waals surface area contributed by atoms with Crippen LogP contribution in [0.25, 0.3) is 0 Å². The van der Waals surface area contributed by atoms with Crippen LogP contribution in [0, 0.1) is 0 Å². The molecule has 2 N–H and O–H groups in total. The lowest BCUT2D eigenvalue weighted by atomic mass is 9.98. The highest BCUT2D eigenvalue weighted by atomic mass is 35.5. The van der Waals surface area contributed by atoms with E-state index in [0.717, 1.165) is 9.44 Å². The first-order chi connectivity index (χ1) is 13.1. The van der Waals surface area contributed by atoms with Gasteiger partial charge in [0.05, 0.1) is 10.9 Å². The Kier molecular flexibility index (Phi) is 7.35. The molecule has 0 radical (unpaired) electrons. The number of nitrogens with one attached hydrogen (secondary N) is 1. The SMILES string of the molecule is CCNC(=NCCC(O)(c1nccn1C)C(F)(F)F)N(C)Cc1ccc(Cl)s1. The van der Waals surface area contributed by atoms with Crippen molar-refractivity contribution >= 4 is 28.9 Å². The summed E-state index contributed by atoms with van der Waals surface area (Å²) in [6.07, 6.45) is -2.94. The van der Waals surface area contributed by atoms with Crippen molar-refractivity contribution in [3.63, 3.8) is 0 Å². The molecule has 0 spiro atoms. The summed E-state index contributed by atoms with van der Waals surface area (Å²) < 4.78 is 42.6. The Bertz CT molecular complexity index is 807. The molecule has 1 atom stereocenters. The Hall–Kier alpha value is -1.78. The van der Waals surface area contributed by atoms with Gasteiger partial charge >= 0.3 is 6.18 Å². The van der Waals surface area contributed by atoms with Gasteiger partial charge in [-0.2, -0.15) is 13.2 Å². The number of thiophene rings is 1. The van der Waals surface area contributed by atoms with Crippen LogP contribution in [0.1, 0.15) is 24.0 Å². The number of alkyl halides is 3. The Morgan fingerprint density at radius 3 is 2.64 bits per heavy atom.